The summed E-state index contributed by atoms with van der Waals surface area (Å²) in [7, 11) is 0. The first-order valence-electron chi connectivity index (χ1n) is 8.73. The van der Waals surface area contributed by atoms with Crippen LogP contribution in [0.2, 0.25) is 0 Å². The monoisotopic (exact) mass is 420 g/mol. The van der Waals surface area contributed by atoms with Gasteiger partial charge in [-0.05, 0) is 29.2 Å². The highest BCUT2D eigenvalue weighted by molar-refractivity contribution is 7.98. The van der Waals surface area contributed by atoms with Gasteiger partial charge in [0.25, 0.3) is 0 Å². The molecule has 4 rings (SSSR count). The number of benzene rings is 1. The van der Waals surface area contributed by atoms with Gasteiger partial charge in [-0.15, -0.1) is 23.1 Å². The number of pyridine rings is 1. The first kappa shape index (κ1) is 19.1. The van der Waals surface area contributed by atoms with Crippen molar-refractivity contribution in [2.45, 2.75) is 17.2 Å². The number of aliphatic imine (C=N–C) groups is 1. The summed E-state index contributed by atoms with van der Waals surface area (Å²) in [6.45, 7) is 3.65. The molecule has 0 unspecified atom stereocenters. The van der Waals surface area contributed by atoms with Crippen molar-refractivity contribution in [3.05, 3.63) is 87.4 Å². The molecule has 0 saturated carbocycles. The molecule has 1 aliphatic rings. The maximum absolute atomic E-state index is 12.1. The maximum atomic E-state index is 12.1. The molecular weight excluding hydrogens is 404 g/mol. The molecule has 0 amide bonds. The largest absolute Gasteiger partial charge is 0.361 e. The second-order valence-electron chi connectivity index (χ2n) is 6.28. The van der Waals surface area contributed by atoms with Gasteiger partial charge in [0, 0.05) is 28.7 Å². The summed E-state index contributed by atoms with van der Waals surface area (Å²) in [4.78, 5) is 25.1. The van der Waals surface area contributed by atoms with Gasteiger partial charge in [0.15, 0.2) is 0 Å². The lowest BCUT2D eigenvalue weighted by molar-refractivity contribution is 0.178. The summed E-state index contributed by atoms with van der Waals surface area (Å²) in [5.74, 6) is 1.68. The Morgan fingerprint density at radius 3 is 2.83 bits per heavy atom. The number of thiophene rings is 1. The van der Waals surface area contributed by atoms with E-state index in [0.29, 0.717) is 40.0 Å². The lowest BCUT2D eigenvalue weighted by Crippen LogP contribution is -2.18. The molecule has 0 fully saturated rings. The summed E-state index contributed by atoms with van der Waals surface area (Å²) in [5, 5.41) is 12.2. The van der Waals surface area contributed by atoms with Crippen LogP contribution < -0.4 is 11.0 Å². The Morgan fingerprint density at radius 2 is 2.10 bits per heavy atom. The fourth-order valence-corrected chi connectivity index (χ4v) is 4.66. The summed E-state index contributed by atoms with van der Waals surface area (Å²) < 4.78 is 0. The molecule has 144 valence electrons. The van der Waals surface area contributed by atoms with Gasteiger partial charge in [-0.1, -0.05) is 30.3 Å². The van der Waals surface area contributed by atoms with Crippen LogP contribution in [0.5, 0.6) is 0 Å². The number of hydrogen-bond donors (Lipinski definition) is 2. The smallest absolute Gasteiger partial charge is 0.249 e. The molecule has 0 radical (unpaired) electrons. The third-order valence-electron chi connectivity index (χ3n) is 4.20. The first-order chi connectivity index (χ1) is 14.1. The number of aromatic amines is 1. The van der Waals surface area contributed by atoms with Crippen LogP contribution in [-0.2, 0) is 17.0 Å². The van der Waals surface area contributed by atoms with Crippen LogP contribution in [0.1, 0.15) is 16.7 Å². The fourth-order valence-electron chi connectivity index (χ4n) is 2.95. The minimum absolute atomic E-state index is 0.214. The minimum Gasteiger partial charge on any atom is -0.361 e. The van der Waals surface area contributed by atoms with Crippen LogP contribution in [0.25, 0.3) is 10.4 Å². The van der Waals surface area contributed by atoms with Gasteiger partial charge < -0.3 is 9.82 Å². The van der Waals surface area contributed by atoms with E-state index in [-0.39, 0.29) is 5.56 Å². The molecule has 0 saturated heterocycles. The number of nitrogens with zero attached hydrogens (tertiary/aromatic N) is 2. The van der Waals surface area contributed by atoms with Gasteiger partial charge in [-0.3, -0.25) is 4.79 Å². The van der Waals surface area contributed by atoms with Crippen LogP contribution >= 0.6 is 23.1 Å². The number of nitrogens with one attached hydrogen (secondary N) is 2. The van der Waals surface area contributed by atoms with Gasteiger partial charge in [0.1, 0.15) is 11.9 Å². The minimum atomic E-state index is -0.214. The number of hydroxylamine groups is 1. The molecule has 0 atom stereocenters. The first-order valence-corrected chi connectivity index (χ1v) is 10.6. The van der Waals surface area contributed by atoms with E-state index >= 15 is 0 Å². The van der Waals surface area contributed by atoms with E-state index in [1.807, 2.05) is 35.7 Å². The molecule has 0 spiro atoms. The third-order valence-corrected chi connectivity index (χ3v) is 6.18. The van der Waals surface area contributed by atoms with Gasteiger partial charge >= 0.3 is 0 Å². The summed E-state index contributed by atoms with van der Waals surface area (Å²) in [6.07, 6.45) is 0.603. The van der Waals surface area contributed by atoms with Crippen molar-refractivity contribution in [1.82, 2.24) is 10.5 Å². The van der Waals surface area contributed by atoms with Gasteiger partial charge in [-0.2, -0.15) is 10.3 Å². The van der Waals surface area contributed by atoms with Crippen molar-refractivity contribution in [3.63, 3.8) is 0 Å². The Balaban J connectivity index is 1.54. The van der Waals surface area contributed by atoms with E-state index in [1.54, 1.807) is 0 Å². The molecular formula is C21H16N4O2S2. The highest BCUT2D eigenvalue weighted by Gasteiger charge is 2.14. The standard InChI is InChI=1S/C21H16N4O2S2/c1-13-23-19(25-27-13)9-14-4-2-5-15(8-14)12-29-21-17(11-22)16(10-20(26)24-21)18-6-3-7-28-18/h2-8,10H,1,9,12H2,(H,23,25)(H,24,26). The van der Waals surface area contributed by atoms with Crippen molar-refractivity contribution in [2.24, 2.45) is 4.99 Å². The maximum Gasteiger partial charge on any atom is 0.249 e. The van der Waals surface area contributed by atoms with E-state index in [9.17, 15) is 10.1 Å². The zero-order valence-corrected chi connectivity index (χ0v) is 16.9. The molecule has 3 aromatic rings. The molecule has 6 nitrogen and oxygen atoms in total. The van der Waals surface area contributed by atoms with E-state index in [2.05, 4.69) is 34.2 Å². The fraction of sp³-hybridized carbons (Fsp3) is 0.0952. The highest BCUT2D eigenvalue weighted by atomic mass is 32.2. The molecule has 2 N–H and O–H groups in total. The average Bonchev–Trinajstić information content (AvgIpc) is 3.38. The van der Waals surface area contributed by atoms with Crippen molar-refractivity contribution in [3.8, 4) is 16.5 Å². The molecule has 2 aromatic heterocycles. The Kier molecular flexibility index (Phi) is 5.51. The van der Waals surface area contributed by atoms with Crippen molar-refractivity contribution < 1.29 is 4.84 Å². The Hall–Kier alpha value is -3.28. The zero-order chi connectivity index (χ0) is 20.2. The van der Waals surface area contributed by atoms with Crippen molar-refractivity contribution in [2.75, 3.05) is 0 Å². The van der Waals surface area contributed by atoms with E-state index in [0.717, 1.165) is 16.0 Å². The number of aromatic nitrogens is 1. The number of thioether (sulfide) groups is 1. The number of rotatable bonds is 6. The number of nitriles is 1. The van der Waals surface area contributed by atoms with E-state index in [1.165, 1.54) is 29.2 Å². The predicted molar refractivity (Wildman–Crippen MR) is 116 cm³/mol. The number of H-pyrrole nitrogens is 1. The molecule has 3 heterocycles. The molecule has 8 heteroatoms. The highest BCUT2D eigenvalue weighted by Crippen LogP contribution is 2.32. The quantitative estimate of drug-likeness (QED) is 0.583. The lowest BCUT2D eigenvalue weighted by atomic mass is 10.1. The second-order valence-corrected chi connectivity index (χ2v) is 8.22. The molecule has 0 bridgehead atoms. The number of amidine groups is 1. The Labute approximate surface area is 175 Å². The zero-order valence-electron chi connectivity index (χ0n) is 15.3. The average molecular weight is 421 g/mol. The Bertz CT molecular complexity index is 1190. The van der Waals surface area contributed by atoms with Crippen LogP contribution in [0.15, 0.2) is 75.1 Å². The predicted octanol–water partition coefficient (Wildman–Crippen LogP) is 4.21. The van der Waals surface area contributed by atoms with Gasteiger partial charge in [0.2, 0.25) is 11.4 Å². The summed E-state index contributed by atoms with van der Waals surface area (Å²) >= 11 is 2.95. The Morgan fingerprint density at radius 1 is 1.24 bits per heavy atom. The van der Waals surface area contributed by atoms with Crippen molar-refractivity contribution >= 4 is 28.9 Å². The van der Waals surface area contributed by atoms with E-state index in [4.69, 9.17) is 4.84 Å². The van der Waals surface area contributed by atoms with Crippen LogP contribution in [-0.4, -0.2) is 10.8 Å². The molecule has 1 aromatic carbocycles. The molecule has 0 aliphatic carbocycles. The van der Waals surface area contributed by atoms with Gasteiger partial charge in [-0.25, -0.2) is 5.48 Å². The van der Waals surface area contributed by atoms with Gasteiger partial charge in [0.05, 0.1) is 10.6 Å². The molecule has 29 heavy (non-hydrogen) atoms. The molecule has 1 aliphatic heterocycles. The normalized spacial score (nSPS) is 12.8. The second kappa shape index (κ2) is 8.39. The summed E-state index contributed by atoms with van der Waals surface area (Å²) in [5.41, 5.74) is 5.86. The van der Waals surface area contributed by atoms with Crippen LogP contribution in [0, 0.1) is 11.3 Å². The van der Waals surface area contributed by atoms with Crippen molar-refractivity contribution in [1.29, 1.82) is 5.26 Å². The van der Waals surface area contributed by atoms with E-state index < -0.39 is 0 Å². The SMILES string of the molecule is C=C1N=C(Cc2cccc(CSc3[nH]c(=O)cc(-c4cccs4)c3C#N)c2)NO1. The topological polar surface area (TPSA) is 90.3 Å². The third kappa shape index (κ3) is 4.42. The van der Waals surface area contributed by atoms with Crippen LogP contribution in [0.3, 0.4) is 0 Å². The number of hydrogen-bond acceptors (Lipinski definition) is 7. The van der Waals surface area contributed by atoms with Crippen LogP contribution in [0.4, 0.5) is 0 Å². The summed E-state index contributed by atoms with van der Waals surface area (Å²) in [6, 6.07) is 15.6. The lowest BCUT2D eigenvalue weighted by Gasteiger charge is -2.09.